The molecule has 0 unspecified atom stereocenters. The third-order valence-electron chi connectivity index (χ3n) is 3.73. The minimum absolute atomic E-state index is 0.178. The van der Waals surface area contributed by atoms with Gasteiger partial charge in [0.15, 0.2) is 0 Å². The lowest BCUT2D eigenvalue weighted by Gasteiger charge is -2.08. The van der Waals surface area contributed by atoms with Crippen molar-refractivity contribution in [3.8, 4) is 0 Å². The molecule has 0 aliphatic heterocycles. The zero-order valence-corrected chi connectivity index (χ0v) is 15.9. The molecule has 0 spiro atoms. The second-order valence-corrected chi connectivity index (χ2v) is 7.04. The number of rotatable bonds is 6. The Kier molecular flexibility index (Phi) is 5.85. The van der Waals surface area contributed by atoms with Crippen LogP contribution >= 0.6 is 24.0 Å². The topological polar surface area (TPSA) is 84.0 Å². The van der Waals surface area contributed by atoms with E-state index in [1.165, 1.54) is 6.20 Å². The maximum Gasteiger partial charge on any atom is 0.252 e. The van der Waals surface area contributed by atoms with Crippen molar-refractivity contribution in [2.75, 3.05) is 13.1 Å². The van der Waals surface area contributed by atoms with Crippen LogP contribution in [-0.4, -0.2) is 34.9 Å². The van der Waals surface area contributed by atoms with Crippen molar-refractivity contribution in [3.05, 3.63) is 52.1 Å². The van der Waals surface area contributed by atoms with Crippen LogP contribution in [-0.2, 0) is 6.42 Å². The summed E-state index contributed by atoms with van der Waals surface area (Å²) in [6, 6.07) is 5.13. The number of pyridine rings is 1. The van der Waals surface area contributed by atoms with Crippen LogP contribution in [0.2, 0.25) is 0 Å². The monoisotopic (exact) mass is 386 g/mol. The first-order valence-corrected chi connectivity index (χ1v) is 9.48. The number of nitrogens with one attached hydrogen (secondary N) is 2. The molecule has 134 valence electrons. The number of carbonyl (C=O) groups excluding carboxylic acids is 2. The average molecular weight is 387 g/mol. The number of thiol groups is 1. The number of amides is 2. The molecule has 0 fully saturated rings. The predicted molar refractivity (Wildman–Crippen MR) is 105 cm³/mol. The molecule has 0 aliphatic carbocycles. The van der Waals surface area contributed by atoms with E-state index in [0.29, 0.717) is 46.4 Å². The van der Waals surface area contributed by atoms with Crippen molar-refractivity contribution in [3.63, 3.8) is 0 Å². The molecule has 26 heavy (non-hydrogen) atoms. The number of nitrogens with zero attached hydrogens (tertiary/aromatic N) is 2. The van der Waals surface area contributed by atoms with Crippen molar-refractivity contribution < 1.29 is 9.59 Å². The molecule has 2 N–H and O–H groups in total. The number of benzene rings is 1. The first-order chi connectivity index (χ1) is 12.6. The van der Waals surface area contributed by atoms with Gasteiger partial charge in [-0.3, -0.25) is 14.6 Å². The molecule has 0 saturated carbocycles. The normalized spacial score (nSPS) is 10.7. The summed E-state index contributed by atoms with van der Waals surface area (Å²) in [6.45, 7) is 2.90. The molecule has 0 saturated heterocycles. The van der Waals surface area contributed by atoms with Crippen LogP contribution in [0.15, 0.2) is 40.9 Å². The summed E-state index contributed by atoms with van der Waals surface area (Å²) in [7, 11) is 0. The summed E-state index contributed by atoms with van der Waals surface area (Å²) in [6.07, 6.45) is 3.95. The number of hydrogen-bond acceptors (Lipinski definition) is 6. The van der Waals surface area contributed by atoms with Gasteiger partial charge in [0.1, 0.15) is 0 Å². The Balaban J connectivity index is 1.78. The van der Waals surface area contributed by atoms with E-state index < -0.39 is 0 Å². The van der Waals surface area contributed by atoms with E-state index in [9.17, 15) is 9.59 Å². The molecule has 0 atom stereocenters. The lowest BCUT2D eigenvalue weighted by atomic mass is 10.1. The van der Waals surface area contributed by atoms with Crippen LogP contribution in [0.3, 0.4) is 0 Å². The number of carbonyl (C=O) groups is 2. The molecule has 3 rings (SSSR count). The lowest BCUT2D eigenvalue weighted by Crippen LogP contribution is -2.25. The molecular weight excluding hydrogens is 368 g/mol. The van der Waals surface area contributed by atoms with Gasteiger partial charge in [0, 0.05) is 53.1 Å². The van der Waals surface area contributed by atoms with Crippen molar-refractivity contribution in [2.45, 2.75) is 18.2 Å². The molecule has 6 nitrogen and oxygen atoms in total. The smallest absolute Gasteiger partial charge is 0.252 e. The molecule has 2 aromatic heterocycles. The van der Waals surface area contributed by atoms with Crippen LogP contribution in [0.1, 0.15) is 32.6 Å². The van der Waals surface area contributed by atoms with E-state index in [4.69, 9.17) is 0 Å². The molecule has 2 amide bonds. The van der Waals surface area contributed by atoms with E-state index >= 15 is 0 Å². The molecule has 0 aliphatic rings. The molecule has 2 heterocycles. The van der Waals surface area contributed by atoms with Gasteiger partial charge in [-0.05, 0) is 25.1 Å². The van der Waals surface area contributed by atoms with Crippen LogP contribution in [0.5, 0.6) is 0 Å². The van der Waals surface area contributed by atoms with Gasteiger partial charge in [0.05, 0.1) is 16.1 Å². The largest absolute Gasteiger partial charge is 0.352 e. The summed E-state index contributed by atoms with van der Waals surface area (Å²) >= 11 is 5.97. The Bertz CT molecular complexity index is 942. The van der Waals surface area contributed by atoms with Gasteiger partial charge in [-0.1, -0.05) is 0 Å². The zero-order valence-electron chi connectivity index (χ0n) is 14.2. The van der Waals surface area contributed by atoms with Crippen molar-refractivity contribution in [1.29, 1.82) is 0 Å². The summed E-state index contributed by atoms with van der Waals surface area (Å²) in [5, 5.41) is 9.21. The van der Waals surface area contributed by atoms with Crippen LogP contribution in [0.4, 0.5) is 0 Å². The van der Waals surface area contributed by atoms with Gasteiger partial charge in [-0.25, -0.2) is 4.98 Å². The van der Waals surface area contributed by atoms with Crippen LogP contribution in [0.25, 0.3) is 10.9 Å². The van der Waals surface area contributed by atoms with E-state index in [1.54, 1.807) is 35.7 Å². The molecule has 3 aromatic rings. The standard InChI is InChI=1S/C18H18N4O2S2/c1-2-19-17(23)12-7-11-8-13(10-22-16(11)14(25)9-12)18(24)21-4-3-15-20-5-6-26-15/h5-10,25H,2-4H2,1H3,(H,19,23)(H,21,24). The second-order valence-electron chi connectivity index (χ2n) is 5.58. The highest BCUT2D eigenvalue weighted by Gasteiger charge is 2.12. The van der Waals surface area contributed by atoms with E-state index in [1.807, 2.05) is 12.3 Å². The van der Waals surface area contributed by atoms with Crippen molar-refractivity contribution in [2.24, 2.45) is 0 Å². The second kappa shape index (κ2) is 8.29. The summed E-state index contributed by atoms with van der Waals surface area (Å²) < 4.78 is 0. The van der Waals surface area contributed by atoms with Gasteiger partial charge >= 0.3 is 0 Å². The molecule has 0 radical (unpaired) electrons. The Morgan fingerprint density at radius 2 is 1.88 bits per heavy atom. The van der Waals surface area contributed by atoms with Gasteiger partial charge < -0.3 is 10.6 Å². The third kappa shape index (κ3) is 4.20. The number of hydrogen-bond donors (Lipinski definition) is 3. The highest BCUT2D eigenvalue weighted by atomic mass is 32.1. The van der Waals surface area contributed by atoms with E-state index in [2.05, 4.69) is 33.2 Å². The van der Waals surface area contributed by atoms with Gasteiger partial charge in [0.2, 0.25) is 0 Å². The van der Waals surface area contributed by atoms with Crippen LogP contribution in [0, 0.1) is 0 Å². The quantitative estimate of drug-likeness (QED) is 0.569. The summed E-state index contributed by atoms with van der Waals surface area (Å²) in [5.41, 5.74) is 1.59. The zero-order chi connectivity index (χ0) is 18.5. The highest BCUT2D eigenvalue weighted by Crippen LogP contribution is 2.23. The number of fused-ring (bicyclic) bond motifs is 1. The number of thiazole rings is 1. The Hall–Kier alpha value is -2.45. The fraction of sp³-hybridized carbons (Fsp3) is 0.222. The highest BCUT2D eigenvalue weighted by molar-refractivity contribution is 7.80. The molecule has 8 heteroatoms. The maximum atomic E-state index is 12.4. The predicted octanol–water partition coefficient (Wildman–Crippen LogP) is 2.70. The lowest BCUT2D eigenvalue weighted by molar-refractivity contribution is 0.0947. The summed E-state index contributed by atoms with van der Waals surface area (Å²) in [5.74, 6) is -0.386. The SMILES string of the molecule is CCNC(=O)c1cc(S)c2ncc(C(=O)NCCc3nccs3)cc2c1. The number of aromatic nitrogens is 2. The fourth-order valence-electron chi connectivity index (χ4n) is 2.51. The van der Waals surface area contributed by atoms with Crippen molar-refractivity contribution in [1.82, 2.24) is 20.6 Å². The van der Waals surface area contributed by atoms with E-state index in [0.717, 1.165) is 5.01 Å². The maximum absolute atomic E-state index is 12.4. The van der Waals surface area contributed by atoms with Gasteiger partial charge in [-0.2, -0.15) is 0 Å². The third-order valence-corrected chi connectivity index (χ3v) is 4.91. The van der Waals surface area contributed by atoms with Crippen molar-refractivity contribution >= 4 is 46.7 Å². The molecule has 0 bridgehead atoms. The first-order valence-electron chi connectivity index (χ1n) is 8.16. The summed E-state index contributed by atoms with van der Waals surface area (Å²) in [4.78, 5) is 33.5. The first kappa shape index (κ1) is 18.3. The Labute approximate surface area is 160 Å². The van der Waals surface area contributed by atoms with Gasteiger partial charge in [-0.15, -0.1) is 24.0 Å². The minimum Gasteiger partial charge on any atom is -0.352 e. The Morgan fingerprint density at radius 3 is 2.62 bits per heavy atom. The van der Waals surface area contributed by atoms with Crippen LogP contribution < -0.4 is 10.6 Å². The minimum atomic E-state index is -0.208. The van der Waals surface area contributed by atoms with E-state index in [-0.39, 0.29) is 11.8 Å². The Morgan fingerprint density at radius 1 is 1.12 bits per heavy atom. The average Bonchev–Trinajstić information content (AvgIpc) is 3.14. The van der Waals surface area contributed by atoms with Gasteiger partial charge in [0.25, 0.3) is 11.8 Å². The molecule has 1 aromatic carbocycles. The fourth-order valence-corrected chi connectivity index (χ4v) is 3.46. The molecular formula is C18H18N4O2S2.